The van der Waals surface area contributed by atoms with Crippen molar-refractivity contribution in [3.05, 3.63) is 35.6 Å². The largest absolute Gasteiger partial charge is 0.373 e. The molecule has 2 N–H and O–H groups in total. The van der Waals surface area contributed by atoms with Crippen LogP contribution in [-0.2, 0) is 10.2 Å². The zero-order valence-corrected chi connectivity index (χ0v) is 16.2. The first kappa shape index (κ1) is 18.7. The van der Waals surface area contributed by atoms with Crippen LogP contribution in [0, 0.1) is 5.82 Å². The van der Waals surface area contributed by atoms with Crippen LogP contribution in [-0.4, -0.2) is 62.3 Å². The summed E-state index contributed by atoms with van der Waals surface area (Å²) < 4.78 is 19.6. The molecule has 6 heteroatoms. The van der Waals surface area contributed by atoms with E-state index >= 15 is 0 Å². The third kappa shape index (κ3) is 4.43. The van der Waals surface area contributed by atoms with Crippen molar-refractivity contribution in [2.75, 3.05) is 39.3 Å². The number of fused-ring (bicyclic) bond motifs is 1. The Morgan fingerprint density at radius 2 is 2.26 bits per heavy atom. The van der Waals surface area contributed by atoms with E-state index in [9.17, 15) is 4.39 Å². The molecule has 2 atom stereocenters. The monoisotopic (exact) mass is 374 g/mol. The zero-order valence-electron chi connectivity index (χ0n) is 16.2. The second-order valence-corrected chi connectivity index (χ2v) is 8.11. The molecule has 27 heavy (non-hydrogen) atoms. The molecule has 3 fully saturated rings. The van der Waals surface area contributed by atoms with E-state index in [-0.39, 0.29) is 17.3 Å². The number of morpholine rings is 1. The van der Waals surface area contributed by atoms with Crippen LogP contribution in [0.15, 0.2) is 29.3 Å². The molecule has 0 aromatic heterocycles. The van der Waals surface area contributed by atoms with Crippen molar-refractivity contribution in [3.8, 4) is 0 Å². The van der Waals surface area contributed by atoms with Crippen LogP contribution >= 0.6 is 0 Å². The van der Waals surface area contributed by atoms with Gasteiger partial charge in [-0.15, -0.1) is 0 Å². The van der Waals surface area contributed by atoms with Gasteiger partial charge in [-0.25, -0.2) is 4.39 Å². The molecule has 148 valence electrons. The van der Waals surface area contributed by atoms with E-state index < -0.39 is 0 Å². The number of hydrogen-bond acceptors (Lipinski definition) is 3. The van der Waals surface area contributed by atoms with Crippen molar-refractivity contribution in [1.29, 1.82) is 0 Å². The maximum atomic E-state index is 13.6. The number of aliphatic imine (C=N–C) groups is 1. The fourth-order valence-corrected chi connectivity index (χ4v) is 4.30. The average Bonchev–Trinajstić information content (AvgIpc) is 3.33. The average molecular weight is 375 g/mol. The number of halogens is 1. The Morgan fingerprint density at radius 1 is 1.37 bits per heavy atom. The molecule has 1 aromatic carbocycles. The van der Waals surface area contributed by atoms with E-state index in [0.29, 0.717) is 12.6 Å². The molecule has 0 bridgehead atoms. The molecule has 0 amide bonds. The highest BCUT2D eigenvalue weighted by molar-refractivity contribution is 5.79. The fraction of sp³-hybridized carbons (Fsp3) is 0.667. The number of nitrogens with zero attached hydrogens (tertiary/aromatic N) is 2. The van der Waals surface area contributed by atoms with Crippen molar-refractivity contribution in [1.82, 2.24) is 15.5 Å². The van der Waals surface area contributed by atoms with Gasteiger partial charge in [-0.1, -0.05) is 12.1 Å². The van der Waals surface area contributed by atoms with Gasteiger partial charge in [0.2, 0.25) is 0 Å². The van der Waals surface area contributed by atoms with E-state index in [2.05, 4.69) is 22.5 Å². The fourth-order valence-electron chi connectivity index (χ4n) is 4.30. The van der Waals surface area contributed by atoms with Crippen LogP contribution in [0.1, 0.15) is 38.2 Å². The quantitative estimate of drug-likeness (QED) is 0.592. The Bertz CT molecular complexity index is 676. The topological polar surface area (TPSA) is 48.9 Å². The zero-order chi connectivity index (χ0) is 18.7. The van der Waals surface area contributed by atoms with Crippen molar-refractivity contribution < 1.29 is 9.13 Å². The Balaban J connectivity index is 1.33. The number of guanidine groups is 1. The number of ether oxygens (including phenoxy) is 1. The molecule has 1 aliphatic carbocycles. The van der Waals surface area contributed by atoms with E-state index in [1.54, 1.807) is 12.1 Å². The molecule has 3 aliphatic rings. The number of benzene rings is 1. The van der Waals surface area contributed by atoms with Gasteiger partial charge in [-0.3, -0.25) is 9.89 Å². The maximum Gasteiger partial charge on any atom is 0.191 e. The van der Waals surface area contributed by atoms with E-state index in [1.165, 1.54) is 25.5 Å². The molecule has 0 radical (unpaired) electrons. The van der Waals surface area contributed by atoms with Crippen molar-refractivity contribution in [3.63, 3.8) is 0 Å². The van der Waals surface area contributed by atoms with Gasteiger partial charge in [0.1, 0.15) is 5.82 Å². The first-order valence-corrected chi connectivity index (χ1v) is 10.3. The Hall–Kier alpha value is -1.66. The normalized spacial score (nSPS) is 27.3. The van der Waals surface area contributed by atoms with Crippen molar-refractivity contribution >= 4 is 5.96 Å². The molecular weight excluding hydrogens is 343 g/mol. The van der Waals surface area contributed by atoms with Crippen LogP contribution in [0.25, 0.3) is 0 Å². The van der Waals surface area contributed by atoms with E-state index in [0.717, 1.165) is 50.6 Å². The summed E-state index contributed by atoms with van der Waals surface area (Å²) in [5.74, 6) is 0.662. The van der Waals surface area contributed by atoms with Gasteiger partial charge in [0, 0.05) is 31.1 Å². The molecule has 2 heterocycles. The summed E-state index contributed by atoms with van der Waals surface area (Å²) in [6.07, 6.45) is 4.91. The molecule has 1 aromatic rings. The third-order valence-corrected chi connectivity index (χ3v) is 6.13. The molecule has 1 saturated carbocycles. The summed E-state index contributed by atoms with van der Waals surface area (Å²) in [5, 5.41) is 6.77. The van der Waals surface area contributed by atoms with Gasteiger partial charge < -0.3 is 15.4 Å². The van der Waals surface area contributed by atoms with E-state index in [4.69, 9.17) is 9.73 Å². The van der Waals surface area contributed by atoms with Crippen LogP contribution in [0.4, 0.5) is 4.39 Å². The maximum absolute atomic E-state index is 13.6. The number of hydrogen-bond donors (Lipinski definition) is 2. The van der Waals surface area contributed by atoms with Gasteiger partial charge in [0.25, 0.3) is 0 Å². The molecular formula is C21H31FN4O. The standard InChI is InChI=1S/C21H31FN4O/c1-2-23-20(24-12-19-13-26-10-4-7-18(26)14-27-19)25-15-21(8-9-21)16-5-3-6-17(22)11-16/h3,5-6,11,18-19H,2,4,7-10,12-15H2,1H3,(H2,23,24,25). The Labute approximate surface area is 161 Å². The summed E-state index contributed by atoms with van der Waals surface area (Å²) >= 11 is 0. The molecule has 2 aliphatic heterocycles. The van der Waals surface area contributed by atoms with Gasteiger partial charge in [-0.2, -0.15) is 0 Å². The van der Waals surface area contributed by atoms with E-state index in [1.807, 2.05) is 6.07 Å². The molecule has 5 nitrogen and oxygen atoms in total. The minimum absolute atomic E-state index is 0.00849. The molecule has 2 unspecified atom stereocenters. The molecule has 4 rings (SSSR count). The minimum Gasteiger partial charge on any atom is -0.373 e. The first-order chi connectivity index (χ1) is 13.2. The predicted octanol–water partition coefficient (Wildman–Crippen LogP) is 2.28. The lowest BCUT2D eigenvalue weighted by Gasteiger charge is -2.35. The molecule has 2 saturated heterocycles. The SMILES string of the molecule is CCNC(=NCC1(c2cccc(F)c2)CC1)NCC1CN2CCCC2CO1. The second kappa shape index (κ2) is 8.15. The summed E-state index contributed by atoms with van der Waals surface area (Å²) in [6.45, 7) is 7.40. The smallest absolute Gasteiger partial charge is 0.191 e. The highest BCUT2D eigenvalue weighted by Crippen LogP contribution is 2.48. The predicted molar refractivity (Wildman–Crippen MR) is 106 cm³/mol. The van der Waals surface area contributed by atoms with Crippen LogP contribution in [0.3, 0.4) is 0 Å². The lowest BCUT2D eigenvalue weighted by molar-refractivity contribution is -0.0453. The van der Waals surface area contributed by atoms with Crippen LogP contribution in [0.5, 0.6) is 0 Å². The summed E-state index contributed by atoms with van der Waals surface area (Å²) in [7, 11) is 0. The van der Waals surface area contributed by atoms with Crippen LogP contribution < -0.4 is 10.6 Å². The van der Waals surface area contributed by atoms with Gasteiger partial charge >= 0.3 is 0 Å². The van der Waals surface area contributed by atoms with Gasteiger partial charge in [0.05, 0.1) is 19.3 Å². The third-order valence-electron chi connectivity index (χ3n) is 6.13. The highest BCUT2D eigenvalue weighted by Gasteiger charge is 2.44. The van der Waals surface area contributed by atoms with Gasteiger partial charge in [-0.05, 0) is 56.8 Å². The first-order valence-electron chi connectivity index (χ1n) is 10.3. The molecule has 0 spiro atoms. The summed E-state index contributed by atoms with van der Waals surface area (Å²) in [5.41, 5.74) is 1.08. The van der Waals surface area contributed by atoms with Crippen LogP contribution in [0.2, 0.25) is 0 Å². The minimum atomic E-state index is -0.164. The van der Waals surface area contributed by atoms with Gasteiger partial charge in [0.15, 0.2) is 5.96 Å². The van der Waals surface area contributed by atoms with Crippen molar-refractivity contribution in [2.45, 2.75) is 50.2 Å². The highest BCUT2D eigenvalue weighted by atomic mass is 19.1. The Morgan fingerprint density at radius 3 is 3.04 bits per heavy atom. The summed E-state index contributed by atoms with van der Waals surface area (Å²) in [6, 6.07) is 7.61. The Kier molecular flexibility index (Phi) is 5.64. The van der Waals surface area contributed by atoms with Crippen molar-refractivity contribution in [2.24, 2.45) is 4.99 Å². The lowest BCUT2D eigenvalue weighted by atomic mass is 9.96. The summed E-state index contributed by atoms with van der Waals surface area (Å²) in [4.78, 5) is 7.37. The number of nitrogens with one attached hydrogen (secondary N) is 2. The second-order valence-electron chi connectivity index (χ2n) is 8.11. The number of rotatable bonds is 6. The lowest BCUT2D eigenvalue weighted by Crippen LogP contribution is -2.51.